The molecule has 0 spiro atoms. The third kappa shape index (κ3) is 2.11. The maximum absolute atomic E-state index is 10.0. The van der Waals surface area contributed by atoms with Crippen molar-refractivity contribution < 1.29 is 9.84 Å². The van der Waals surface area contributed by atoms with Crippen LogP contribution in [0.25, 0.3) is 0 Å². The van der Waals surface area contributed by atoms with Gasteiger partial charge in [-0.2, -0.15) is 0 Å². The summed E-state index contributed by atoms with van der Waals surface area (Å²) >= 11 is 3.51. The highest BCUT2D eigenvalue weighted by Gasteiger charge is 2.41. The fourth-order valence-electron chi connectivity index (χ4n) is 2.00. The van der Waals surface area contributed by atoms with Crippen molar-refractivity contribution in [2.75, 3.05) is 7.11 Å². The Labute approximate surface area is 105 Å². The van der Waals surface area contributed by atoms with E-state index in [1.54, 1.807) is 7.11 Å². The lowest BCUT2D eigenvalue weighted by atomic mass is 9.96. The van der Waals surface area contributed by atoms with Crippen molar-refractivity contribution in [3.63, 3.8) is 0 Å². The minimum absolute atomic E-state index is 0.481. The average molecular weight is 285 g/mol. The van der Waals surface area contributed by atoms with Gasteiger partial charge in [0, 0.05) is 12.0 Å². The zero-order chi connectivity index (χ0) is 11.9. The zero-order valence-corrected chi connectivity index (χ0v) is 11.5. The standard InChI is InChI=1S/C13H17BrO2/c1-8-6-11(14)12(16-3)10(9(8)2)7-13(15)4-5-13/h6,15H,4-5,7H2,1-3H3. The number of benzene rings is 1. The summed E-state index contributed by atoms with van der Waals surface area (Å²) in [5.41, 5.74) is 3.10. The van der Waals surface area contributed by atoms with Crippen molar-refractivity contribution in [3.8, 4) is 5.75 Å². The summed E-state index contributed by atoms with van der Waals surface area (Å²) in [7, 11) is 1.68. The molecule has 16 heavy (non-hydrogen) atoms. The van der Waals surface area contributed by atoms with Gasteiger partial charge in [0.2, 0.25) is 0 Å². The number of rotatable bonds is 3. The Morgan fingerprint density at radius 3 is 2.56 bits per heavy atom. The van der Waals surface area contributed by atoms with Crippen LogP contribution in [0, 0.1) is 13.8 Å². The fourth-order valence-corrected chi connectivity index (χ4v) is 2.74. The van der Waals surface area contributed by atoms with Crippen LogP contribution in [0.3, 0.4) is 0 Å². The van der Waals surface area contributed by atoms with E-state index in [0.29, 0.717) is 6.42 Å². The van der Waals surface area contributed by atoms with Crippen LogP contribution in [-0.2, 0) is 6.42 Å². The minimum atomic E-state index is -0.481. The highest BCUT2D eigenvalue weighted by molar-refractivity contribution is 9.10. The first-order valence-corrected chi connectivity index (χ1v) is 6.31. The lowest BCUT2D eigenvalue weighted by Crippen LogP contribution is -2.13. The average Bonchev–Trinajstić information content (AvgIpc) is 2.93. The second kappa shape index (κ2) is 4.04. The van der Waals surface area contributed by atoms with Crippen molar-refractivity contribution in [1.82, 2.24) is 0 Å². The SMILES string of the molecule is COc1c(Br)cc(C)c(C)c1CC1(O)CC1. The zero-order valence-electron chi connectivity index (χ0n) is 9.93. The molecule has 0 aliphatic heterocycles. The molecule has 88 valence electrons. The summed E-state index contributed by atoms with van der Waals surface area (Å²) < 4.78 is 6.40. The van der Waals surface area contributed by atoms with Crippen molar-refractivity contribution in [2.24, 2.45) is 0 Å². The third-order valence-electron chi connectivity index (χ3n) is 3.42. The molecular weight excluding hydrogens is 268 g/mol. The van der Waals surface area contributed by atoms with E-state index in [-0.39, 0.29) is 0 Å². The van der Waals surface area contributed by atoms with E-state index in [1.165, 1.54) is 11.1 Å². The lowest BCUT2D eigenvalue weighted by molar-refractivity contribution is 0.149. The first kappa shape index (κ1) is 11.9. The number of hydrogen-bond donors (Lipinski definition) is 1. The Kier molecular flexibility index (Phi) is 3.01. The normalized spacial score (nSPS) is 17.3. The molecule has 0 atom stereocenters. The van der Waals surface area contributed by atoms with E-state index in [0.717, 1.165) is 28.6 Å². The van der Waals surface area contributed by atoms with Gasteiger partial charge in [-0.15, -0.1) is 0 Å². The monoisotopic (exact) mass is 284 g/mol. The number of aryl methyl sites for hydroxylation is 1. The van der Waals surface area contributed by atoms with Gasteiger partial charge < -0.3 is 9.84 Å². The Hall–Kier alpha value is -0.540. The van der Waals surface area contributed by atoms with Crippen LogP contribution in [0.5, 0.6) is 5.75 Å². The summed E-state index contributed by atoms with van der Waals surface area (Å²) in [6, 6.07) is 2.06. The fraction of sp³-hybridized carbons (Fsp3) is 0.538. The summed E-state index contributed by atoms with van der Waals surface area (Å²) in [6.07, 6.45) is 2.50. The van der Waals surface area contributed by atoms with Crippen LogP contribution in [0.15, 0.2) is 10.5 Å². The number of methoxy groups -OCH3 is 1. The maximum atomic E-state index is 10.0. The molecule has 0 radical (unpaired) electrons. The molecule has 2 rings (SSSR count). The molecule has 3 heteroatoms. The van der Waals surface area contributed by atoms with Crippen LogP contribution in [0.1, 0.15) is 29.5 Å². The topological polar surface area (TPSA) is 29.5 Å². The van der Waals surface area contributed by atoms with E-state index < -0.39 is 5.60 Å². The molecule has 1 aliphatic rings. The van der Waals surface area contributed by atoms with Crippen molar-refractivity contribution in [1.29, 1.82) is 0 Å². The molecule has 1 N–H and O–H groups in total. The van der Waals surface area contributed by atoms with Gasteiger partial charge in [-0.3, -0.25) is 0 Å². The summed E-state index contributed by atoms with van der Waals surface area (Å²) in [5, 5.41) is 10.0. The van der Waals surface area contributed by atoms with Crippen LogP contribution < -0.4 is 4.74 Å². The van der Waals surface area contributed by atoms with E-state index in [1.807, 2.05) is 0 Å². The lowest BCUT2D eigenvalue weighted by Gasteiger charge is -2.18. The smallest absolute Gasteiger partial charge is 0.136 e. The number of ether oxygens (including phenoxy) is 1. The molecule has 2 nitrogen and oxygen atoms in total. The maximum Gasteiger partial charge on any atom is 0.136 e. The Balaban J connectivity index is 2.47. The van der Waals surface area contributed by atoms with E-state index in [9.17, 15) is 5.11 Å². The second-order valence-corrected chi connectivity index (χ2v) is 5.57. The van der Waals surface area contributed by atoms with Gasteiger partial charge in [0.25, 0.3) is 0 Å². The predicted molar refractivity (Wildman–Crippen MR) is 68.1 cm³/mol. The highest BCUT2D eigenvalue weighted by Crippen LogP contribution is 2.43. The van der Waals surface area contributed by atoms with Crippen LogP contribution >= 0.6 is 15.9 Å². The molecule has 1 aromatic rings. The molecule has 0 amide bonds. The van der Waals surface area contributed by atoms with Gasteiger partial charge in [-0.1, -0.05) is 0 Å². The Bertz CT molecular complexity index is 422. The number of hydrogen-bond acceptors (Lipinski definition) is 2. The summed E-state index contributed by atoms with van der Waals surface area (Å²) in [5.74, 6) is 0.864. The van der Waals surface area contributed by atoms with Gasteiger partial charge in [-0.05, 0) is 59.8 Å². The summed E-state index contributed by atoms with van der Waals surface area (Å²) in [4.78, 5) is 0. The van der Waals surface area contributed by atoms with Crippen LogP contribution in [0.4, 0.5) is 0 Å². The first-order chi connectivity index (χ1) is 7.47. The van der Waals surface area contributed by atoms with E-state index in [4.69, 9.17) is 4.74 Å². The minimum Gasteiger partial charge on any atom is -0.495 e. The van der Waals surface area contributed by atoms with Gasteiger partial charge in [-0.25, -0.2) is 0 Å². The molecular formula is C13H17BrO2. The van der Waals surface area contributed by atoms with Gasteiger partial charge >= 0.3 is 0 Å². The van der Waals surface area contributed by atoms with Gasteiger partial charge in [0.05, 0.1) is 17.2 Å². The van der Waals surface area contributed by atoms with Crippen molar-refractivity contribution in [3.05, 3.63) is 27.2 Å². The molecule has 1 fully saturated rings. The molecule has 0 bridgehead atoms. The van der Waals surface area contributed by atoms with E-state index >= 15 is 0 Å². The molecule has 1 saturated carbocycles. The molecule has 0 aromatic heterocycles. The van der Waals surface area contributed by atoms with Crippen LogP contribution in [-0.4, -0.2) is 17.8 Å². The second-order valence-electron chi connectivity index (χ2n) is 4.71. The largest absolute Gasteiger partial charge is 0.495 e. The highest BCUT2D eigenvalue weighted by atomic mass is 79.9. The molecule has 0 heterocycles. The van der Waals surface area contributed by atoms with Crippen molar-refractivity contribution in [2.45, 2.75) is 38.7 Å². The molecule has 0 saturated heterocycles. The van der Waals surface area contributed by atoms with Crippen molar-refractivity contribution >= 4 is 15.9 Å². The quantitative estimate of drug-likeness (QED) is 0.924. The van der Waals surface area contributed by atoms with Crippen LogP contribution in [0.2, 0.25) is 0 Å². The predicted octanol–water partition coefficient (Wildman–Crippen LogP) is 3.14. The Morgan fingerprint density at radius 1 is 1.44 bits per heavy atom. The molecule has 1 aliphatic carbocycles. The Morgan fingerprint density at radius 2 is 2.06 bits per heavy atom. The third-order valence-corrected chi connectivity index (χ3v) is 4.00. The summed E-state index contributed by atoms with van der Waals surface area (Å²) in [6.45, 7) is 4.17. The van der Waals surface area contributed by atoms with Gasteiger partial charge in [0.15, 0.2) is 0 Å². The molecule has 0 unspecified atom stereocenters. The molecule has 1 aromatic carbocycles. The number of halogens is 1. The first-order valence-electron chi connectivity index (χ1n) is 5.52. The number of aliphatic hydroxyl groups is 1. The van der Waals surface area contributed by atoms with Gasteiger partial charge in [0.1, 0.15) is 5.75 Å². The van der Waals surface area contributed by atoms with E-state index in [2.05, 4.69) is 35.8 Å².